The molecule has 12 nitrogen and oxygen atoms in total. The van der Waals surface area contributed by atoms with Crippen molar-refractivity contribution in [2.75, 3.05) is 18.0 Å². The van der Waals surface area contributed by atoms with Gasteiger partial charge in [0.15, 0.2) is 5.82 Å². The maximum Gasteiger partial charge on any atom is 0.405 e. The van der Waals surface area contributed by atoms with Gasteiger partial charge in [0, 0.05) is 37.7 Å². The summed E-state index contributed by atoms with van der Waals surface area (Å²) >= 11 is 6.73. The Morgan fingerprint density at radius 1 is 1.00 bits per heavy atom. The molecular formula is C36H31ClF2N6O6S. The number of aryl methyl sites for hydroxylation is 1. The van der Waals surface area contributed by atoms with E-state index in [0.29, 0.717) is 23.8 Å². The lowest BCUT2D eigenvalue weighted by molar-refractivity contribution is 0.189. The first-order valence-electron chi connectivity index (χ1n) is 15.8. The third-order valence-electron chi connectivity index (χ3n) is 8.34. The molecule has 0 bridgehead atoms. The molecule has 0 saturated carbocycles. The van der Waals surface area contributed by atoms with E-state index in [1.807, 2.05) is 12.1 Å². The molecule has 16 heteroatoms. The Balaban J connectivity index is 1.54. The van der Waals surface area contributed by atoms with Gasteiger partial charge in [0.1, 0.15) is 23.2 Å². The van der Waals surface area contributed by atoms with Crippen LogP contribution in [0.5, 0.6) is 5.75 Å². The number of fused-ring (bicyclic) bond motifs is 1. The standard InChI is InChI=1S/C36H31ClF2N6O6S/c1-43-33-30(13-12-27(37)32(33)35(42-43)44(52(49)50)15-14-21-8-10-26(51-2)11-9-21)45-31(46)20-28(23-6-4-3-5-7-23)40-34(45)29(41-36(47)48)18-22-16-24(38)19-25(39)17-22/h3-13,16-17,19-20,29,41,52H,14-15,18H2,1-2H3,(H,47,48). The zero-order valence-electron chi connectivity index (χ0n) is 27.7. The van der Waals surface area contributed by atoms with Crippen molar-refractivity contribution >= 4 is 45.3 Å². The third-order valence-corrected chi connectivity index (χ3v) is 9.44. The van der Waals surface area contributed by atoms with E-state index in [2.05, 4.69) is 10.4 Å². The lowest BCUT2D eigenvalue weighted by Gasteiger charge is -2.23. The van der Waals surface area contributed by atoms with E-state index in [9.17, 15) is 31.9 Å². The number of aromatic nitrogens is 4. The summed E-state index contributed by atoms with van der Waals surface area (Å²) in [5.74, 6) is -1.20. The highest BCUT2D eigenvalue weighted by atomic mass is 35.5. The van der Waals surface area contributed by atoms with Gasteiger partial charge in [-0.1, -0.05) is 54.1 Å². The van der Waals surface area contributed by atoms with Gasteiger partial charge in [-0.25, -0.2) is 27.0 Å². The molecule has 0 fully saturated rings. The zero-order chi connectivity index (χ0) is 37.1. The van der Waals surface area contributed by atoms with Crippen LogP contribution in [0.1, 0.15) is 23.0 Å². The minimum absolute atomic E-state index is 0.00499. The van der Waals surface area contributed by atoms with Gasteiger partial charge in [-0.2, -0.15) is 5.10 Å². The smallest absolute Gasteiger partial charge is 0.405 e. The number of methoxy groups -OCH3 is 1. The SMILES string of the molecule is COc1ccc(CCN(c2nn(C)c3c(-n4c(C(Cc5cc(F)cc(F)c5)NC(=O)O)nc(-c5ccccc5)cc4=O)ccc(Cl)c23)[SH](=O)=O)cc1. The lowest BCUT2D eigenvalue weighted by atomic mass is 10.0. The highest BCUT2D eigenvalue weighted by Gasteiger charge is 2.28. The van der Waals surface area contributed by atoms with Crippen LogP contribution in [-0.2, 0) is 30.8 Å². The minimum Gasteiger partial charge on any atom is -0.497 e. The van der Waals surface area contributed by atoms with Gasteiger partial charge in [0.25, 0.3) is 5.56 Å². The second-order valence-corrected chi connectivity index (χ2v) is 13.1. The van der Waals surface area contributed by atoms with Gasteiger partial charge in [-0.15, -0.1) is 0 Å². The molecule has 0 saturated heterocycles. The molecule has 6 rings (SSSR count). The summed E-state index contributed by atoms with van der Waals surface area (Å²) in [6.45, 7) is 0.00499. The van der Waals surface area contributed by atoms with Crippen LogP contribution in [0.25, 0.3) is 27.8 Å². The Kier molecular flexibility index (Phi) is 10.5. The van der Waals surface area contributed by atoms with Crippen molar-refractivity contribution in [3.8, 4) is 22.7 Å². The maximum atomic E-state index is 14.3. The number of benzene rings is 4. The monoisotopic (exact) mass is 748 g/mol. The van der Waals surface area contributed by atoms with Gasteiger partial charge in [0.2, 0.25) is 10.9 Å². The number of carbonyl (C=O) groups is 1. The van der Waals surface area contributed by atoms with Crippen LogP contribution in [0.4, 0.5) is 19.4 Å². The molecule has 0 aliphatic heterocycles. The van der Waals surface area contributed by atoms with Crippen molar-refractivity contribution in [2.45, 2.75) is 18.9 Å². The molecule has 0 aliphatic rings. The molecule has 1 atom stereocenters. The van der Waals surface area contributed by atoms with Crippen LogP contribution in [-0.4, -0.2) is 52.6 Å². The summed E-state index contributed by atoms with van der Waals surface area (Å²) in [5.41, 5.74) is 1.44. The maximum absolute atomic E-state index is 14.3. The molecule has 2 heterocycles. The van der Waals surface area contributed by atoms with Gasteiger partial charge >= 0.3 is 6.09 Å². The lowest BCUT2D eigenvalue weighted by Crippen LogP contribution is -2.35. The highest BCUT2D eigenvalue weighted by molar-refractivity contribution is 7.74. The number of halogens is 3. The van der Waals surface area contributed by atoms with Gasteiger partial charge in [-0.05, 0) is 53.9 Å². The first-order chi connectivity index (χ1) is 24.9. The first-order valence-corrected chi connectivity index (χ1v) is 17.3. The number of anilines is 1. The summed E-state index contributed by atoms with van der Waals surface area (Å²) in [7, 11) is -0.132. The van der Waals surface area contributed by atoms with Crippen LogP contribution >= 0.6 is 11.6 Å². The van der Waals surface area contributed by atoms with Crippen molar-refractivity contribution in [3.05, 3.63) is 135 Å². The molecule has 268 valence electrons. The van der Waals surface area contributed by atoms with Crippen molar-refractivity contribution in [1.82, 2.24) is 24.6 Å². The molecule has 1 unspecified atom stereocenters. The summed E-state index contributed by atoms with van der Waals surface area (Å²) in [5, 5.41) is 17.1. The number of amides is 1. The van der Waals surface area contributed by atoms with Crippen molar-refractivity contribution in [2.24, 2.45) is 7.05 Å². The largest absolute Gasteiger partial charge is 0.497 e. The number of hydrogen-bond donors (Lipinski definition) is 3. The number of rotatable bonds is 12. The number of hydrogen-bond acceptors (Lipinski definition) is 7. The van der Waals surface area contributed by atoms with Crippen molar-refractivity contribution in [3.63, 3.8) is 0 Å². The molecule has 0 aliphatic carbocycles. The van der Waals surface area contributed by atoms with Crippen molar-refractivity contribution < 1.29 is 31.8 Å². The van der Waals surface area contributed by atoms with E-state index >= 15 is 0 Å². The van der Waals surface area contributed by atoms with E-state index in [1.165, 1.54) is 22.9 Å². The summed E-state index contributed by atoms with van der Waals surface area (Å²) in [6, 6.07) is 21.6. The molecule has 2 aromatic heterocycles. The number of carboxylic acid groups (broad SMARTS) is 1. The van der Waals surface area contributed by atoms with Gasteiger partial charge < -0.3 is 15.2 Å². The molecular weight excluding hydrogens is 718 g/mol. The van der Waals surface area contributed by atoms with Gasteiger partial charge in [0.05, 0.1) is 40.5 Å². The number of nitrogens with zero attached hydrogens (tertiary/aromatic N) is 5. The molecule has 0 radical (unpaired) electrons. The van der Waals surface area contributed by atoms with E-state index < -0.39 is 40.2 Å². The van der Waals surface area contributed by atoms with Crippen LogP contribution in [0.2, 0.25) is 5.02 Å². The molecule has 4 aromatic carbocycles. The van der Waals surface area contributed by atoms with E-state index in [4.69, 9.17) is 21.3 Å². The molecule has 6 aromatic rings. The van der Waals surface area contributed by atoms with E-state index in [-0.39, 0.29) is 57.5 Å². The Labute approximate surface area is 302 Å². The summed E-state index contributed by atoms with van der Waals surface area (Å²) < 4.78 is 62.8. The Bertz CT molecular complexity index is 2390. The second-order valence-electron chi connectivity index (χ2n) is 11.7. The predicted molar refractivity (Wildman–Crippen MR) is 193 cm³/mol. The fourth-order valence-electron chi connectivity index (χ4n) is 6.04. The fourth-order valence-corrected chi connectivity index (χ4v) is 6.84. The number of ether oxygens (including phenoxy) is 1. The first kappa shape index (κ1) is 36.0. The quantitative estimate of drug-likeness (QED) is 0.132. The van der Waals surface area contributed by atoms with Crippen LogP contribution in [0.15, 0.2) is 95.8 Å². The van der Waals surface area contributed by atoms with Crippen LogP contribution in [0, 0.1) is 11.6 Å². The van der Waals surface area contributed by atoms with Gasteiger partial charge in [-0.3, -0.25) is 18.3 Å². The second kappa shape index (κ2) is 15.2. The third kappa shape index (κ3) is 7.60. The molecule has 0 spiro atoms. The zero-order valence-corrected chi connectivity index (χ0v) is 29.3. The highest BCUT2D eigenvalue weighted by Crippen LogP contribution is 2.37. The Morgan fingerprint density at radius 2 is 1.69 bits per heavy atom. The summed E-state index contributed by atoms with van der Waals surface area (Å²) in [6.07, 6.45) is -1.46. The average Bonchev–Trinajstić information content (AvgIpc) is 3.45. The molecule has 52 heavy (non-hydrogen) atoms. The van der Waals surface area contributed by atoms with Crippen LogP contribution in [0.3, 0.4) is 0 Å². The van der Waals surface area contributed by atoms with E-state index in [1.54, 1.807) is 56.6 Å². The van der Waals surface area contributed by atoms with Crippen molar-refractivity contribution in [1.29, 1.82) is 0 Å². The Morgan fingerprint density at radius 3 is 2.33 bits per heavy atom. The molecule has 1 amide bonds. The summed E-state index contributed by atoms with van der Waals surface area (Å²) in [4.78, 5) is 31.1. The average molecular weight is 749 g/mol. The topological polar surface area (TPSA) is 149 Å². The molecule has 2 N–H and O–H groups in total. The predicted octanol–water partition coefficient (Wildman–Crippen LogP) is 5.85. The number of nitrogens with one attached hydrogen (secondary N) is 1. The minimum atomic E-state index is -3.22. The normalized spacial score (nSPS) is 11.9. The fraction of sp³-hybridized carbons (Fsp3) is 0.167. The van der Waals surface area contributed by atoms with Crippen LogP contribution < -0.4 is 19.9 Å². The number of thiol groups is 1. The Hall–Kier alpha value is -5.80. The van der Waals surface area contributed by atoms with E-state index in [0.717, 1.165) is 26.6 Å².